The maximum absolute atomic E-state index is 11.1. The fourth-order valence-electron chi connectivity index (χ4n) is 2.12. The maximum Gasteiger partial charge on any atom is 0.250 e. The Kier molecular flexibility index (Phi) is 7.73. The first-order valence-electron chi connectivity index (χ1n) is 7.43. The minimum Gasteiger partial charge on any atom is -0.387 e. The van der Waals surface area contributed by atoms with Crippen LogP contribution in [0, 0.1) is 0 Å². The fourth-order valence-corrected chi connectivity index (χ4v) is 2.12. The van der Waals surface area contributed by atoms with Gasteiger partial charge in [0.1, 0.15) is 6.61 Å². The van der Waals surface area contributed by atoms with Crippen molar-refractivity contribution in [2.75, 3.05) is 17.2 Å². The van der Waals surface area contributed by atoms with Crippen LogP contribution in [-0.2, 0) is 4.79 Å². The quantitative estimate of drug-likeness (QED) is 0.607. The lowest BCUT2D eigenvalue weighted by Gasteiger charge is -2.16. The monoisotopic (exact) mass is 278 g/mol. The fraction of sp³-hybridized carbons (Fsp3) is 0.562. The van der Waals surface area contributed by atoms with Gasteiger partial charge >= 0.3 is 0 Å². The van der Waals surface area contributed by atoms with Crippen LogP contribution in [0.1, 0.15) is 46.0 Å². The van der Waals surface area contributed by atoms with E-state index in [1.165, 1.54) is 25.7 Å². The zero-order valence-corrected chi connectivity index (χ0v) is 12.5. The molecule has 0 bridgehead atoms. The molecule has 0 saturated heterocycles. The van der Waals surface area contributed by atoms with Crippen molar-refractivity contribution in [3.63, 3.8) is 0 Å². The van der Waals surface area contributed by atoms with E-state index < -0.39 is 12.5 Å². The van der Waals surface area contributed by atoms with Crippen LogP contribution in [0.25, 0.3) is 0 Å². The molecule has 1 rings (SSSR count). The maximum atomic E-state index is 11.1. The van der Waals surface area contributed by atoms with Crippen LogP contribution in [0.2, 0.25) is 0 Å². The third-order valence-corrected chi connectivity index (χ3v) is 3.19. The number of unbranched alkanes of at least 4 members (excludes halogenated alkanes) is 3. The smallest absolute Gasteiger partial charge is 0.250 e. The summed E-state index contributed by atoms with van der Waals surface area (Å²) in [6.07, 6.45) is 6.23. The number of anilines is 2. The van der Waals surface area contributed by atoms with Crippen LogP contribution >= 0.6 is 0 Å². The molecule has 3 N–H and O–H groups in total. The minimum atomic E-state index is -0.495. The van der Waals surface area contributed by atoms with Crippen LogP contribution in [-0.4, -0.2) is 23.7 Å². The molecule has 0 aliphatic carbocycles. The number of carbonyl (C=O) groups excluding carboxylic acids is 1. The summed E-state index contributed by atoms with van der Waals surface area (Å²) in [7, 11) is 0. The number of aliphatic hydroxyl groups is 1. The third-order valence-electron chi connectivity index (χ3n) is 3.19. The van der Waals surface area contributed by atoms with E-state index in [4.69, 9.17) is 5.11 Å². The summed E-state index contributed by atoms with van der Waals surface area (Å²) in [5.41, 5.74) is 1.69. The van der Waals surface area contributed by atoms with Crippen LogP contribution in [0.5, 0.6) is 0 Å². The van der Waals surface area contributed by atoms with Crippen molar-refractivity contribution in [1.82, 2.24) is 0 Å². The highest BCUT2D eigenvalue weighted by atomic mass is 16.3. The van der Waals surface area contributed by atoms with Crippen molar-refractivity contribution in [2.45, 2.75) is 52.0 Å². The summed E-state index contributed by atoms with van der Waals surface area (Å²) in [5.74, 6) is -0.394. The highest BCUT2D eigenvalue weighted by Gasteiger charge is 2.04. The van der Waals surface area contributed by atoms with Crippen molar-refractivity contribution in [2.24, 2.45) is 0 Å². The Labute approximate surface area is 121 Å². The van der Waals surface area contributed by atoms with Crippen molar-refractivity contribution < 1.29 is 9.90 Å². The summed E-state index contributed by atoms with van der Waals surface area (Å²) in [6, 6.07) is 7.98. The van der Waals surface area contributed by atoms with Gasteiger partial charge in [0.2, 0.25) is 5.91 Å². The molecular formula is C16H26N2O2. The first-order valence-corrected chi connectivity index (χ1v) is 7.43. The van der Waals surface area contributed by atoms with Crippen LogP contribution in [0.15, 0.2) is 24.3 Å². The lowest BCUT2D eigenvalue weighted by atomic mass is 10.1. The zero-order valence-electron chi connectivity index (χ0n) is 12.5. The van der Waals surface area contributed by atoms with Crippen molar-refractivity contribution in [3.8, 4) is 0 Å². The van der Waals surface area contributed by atoms with Gasteiger partial charge in [-0.15, -0.1) is 0 Å². The predicted molar refractivity (Wildman–Crippen MR) is 84.0 cm³/mol. The lowest BCUT2D eigenvalue weighted by molar-refractivity contribution is -0.118. The van der Waals surface area contributed by atoms with E-state index in [1.807, 2.05) is 24.3 Å². The zero-order chi connectivity index (χ0) is 14.8. The van der Waals surface area contributed by atoms with E-state index in [9.17, 15) is 4.79 Å². The van der Waals surface area contributed by atoms with Gasteiger partial charge in [0.05, 0.1) is 0 Å². The average molecular weight is 278 g/mol. The van der Waals surface area contributed by atoms with Gasteiger partial charge in [-0.25, -0.2) is 0 Å². The van der Waals surface area contributed by atoms with Crippen LogP contribution in [0.3, 0.4) is 0 Å². The van der Waals surface area contributed by atoms with Crippen molar-refractivity contribution in [3.05, 3.63) is 24.3 Å². The normalized spacial score (nSPS) is 11.9. The van der Waals surface area contributed by atoms with Gasteiger partial charge in [0.15, 0.2) is 0 Å². The SMILES string of the molecule is CCCCCCC(C)Nc1cccc(NC(=O)CO)c1. The molecule has 0 aliphatic heterocycles. The van der Waals surface area contributed by atoms with Crippen molar-refractivity contribution >= 4 is 17.3 Å². The molecule has 1 aromatic carbocycles. The van der Waals surface area contributed by atoms with Gasteiger partial charge < -0.3 is 15.7 Å². The molecule has 0 spiro atoms. The molecule has 0 saturated carbocycles. The summed E-state index contributed by atoms with van der Waals surface area (Å²) < 4.78 is 0. The number of rotatable bonds is 9. The predicted octanol–water partition coefficient (Wildman–Crippen LogP) is 3.39. The second kappa shape index (κ2) is 9.37. The summed E-state index contributed by atoms with van der Waals surface area (Å²) in [4.78, 5) is 11.1. The summed E-state index contributed by atoms with van der Waals surface area (Å²) >= 11 is 0. The number of aliphatic hydroxyl groups excluding tert-OH is 1. The highest BCUT2D eigenvalue weighted by Crippen LogP contribution is 2.17. The number of benzene rings is 1. The molecule has 1 amide bonds. The van der Waals surface area contributed by atoms with Gasteiger partial charge in [-0.3, -0.25) is 4.79 Å². The molecule has 0 aromatic heterocycles. The molecule has 1 atom stereocenters. The van der Waals surface area contributed by atoms with Crippen LogP contribution < -0.4 is 10.6 Å². The molecule has 0 radical (unpaired) electrons. The first-order chi connectivity index (χ1) is 9.65. The van der Waals surface area contributed by atoms with Gasteiger partial charge in [-0.05, 0) is 31.5 Å². The summed E-state index contributed by atoms with van der Waals surface area (Å²) in [5, 5.41) is 14.8. The largest absolute Gasteiger partial charge is 0.387 e. The Morgan fingerprint density at radius 1 is 1.25 bits per heavy atom. The minimum absolute atomic E-state index is 0.394. The van der Waals surface area contributed by atoms with Gasteiger partial charge in [-0.1, -0.05) is 38.7 Å². The van der Waals surface area contributed by atoms with E-state index >= 15 is 0 Å². The lowest BCUT2D eigenvalue weighted by Crippen LogP contribution is -2.17. The van der Waals surface area contributed by atoms with E-state index in [0.29, 0.717) is 11.7 Å². The van der Waals surface area contributed by atoms with E-state index in [2.05, 4.69) is 24.5 Å². The topological polar surface area (TPSA) is 61.4 Å². The molecule has 4 heteroatoms. The molecule has 0 fully saturated rings. The van der Waals surface area contributed by atoms with E-state index in [0.717, 1.165) is 12.1 Å². The van der Waals surface area contributed by atoms with Gasteiger partial charge in [0.25, 0.3) is 0 Å². The second-order valence-electron chi connectivity index (χ2n) is 5.18. The standard InChI is InChI=1S/C16H26N2O2/c1-3-4-5-6-8-13(2)17-14-9-7-10-15(11-14)18-16(20)12-19/h7,9-11,13,17,19H,3-6,8,12H2,1-2H3,(H,18,20). The Balaban J connectivity index is 2.42. The highest BCUT2D eigenvalue weighted by molar-refractivity contribution is 5.91. The molecule has 4 nitrogen and oxygen atoms in total. The van der Waals surface area contributed by atoms with Crippen molar-refractivity contribution in [1.29, 1.82) is 0 Å². The molecule has 20 heavy (non-hydrogen) atoms. The number of nitrogens with one attached hydrogen (secondary N) is 2. The molecule has 1 aromatic rings. The van der Waals surface area contributed by atoms with Gasteiger partial charge in [-0.2, -0.15) is 0 Å². The second-order valence-corrected chi connectivity index (χ2v) is 5.18. The Bertz CT molecular complexity index is 407. The number of carbonyl (C=O) groups is 1. The Morgan fingerprint density at radius 3 is 2.70 bits per heavy atom. The Hall–Kier alpha value is -1.55. The number of hydrogen-bond donors (Lipinski definition) is 3. The van der Waals surface area contributed by atoms with Crippen LogP contribution in [0.4, 0.5) is 11.4 Å². The van der Waals surface area contributed by atoms with Gasteiger partial charge in [0, 0.05) is 17.4 Å². The molecule has 0 heterocycles. The molecule has 112 valence electrons. The number of hydrogen-bond acceptors (Lipinski definition) is 3. The average Bonchev–Trinajstić information content (AvgIpc) is 2.44. The van der Waals surface area contributed by atoms with E-state index in [1.54, 1.807) is 0 Å². The first kappa shape index (κ1) is 16.5. The van der Waals surface area contributed by atoms with E-state index in [-0.39, 0.29) is 0 Å². The molecule has 1 unspecified atom stereocenters. The summed E-state index contributed by atoms with van der Waals surface area (Å²) in [6.45, 7) is 3.89. The molecule has 0 aliphatic rings. The third kappa shape index (κ3) is 6.57. The molecular weight excluding hydrogens is 252 g/mol. The number of amides is 1. The Morgan fingerprint density at radius 2 is 2.00 bits per heavy atom.